The lowest BCUT2D eigenvalue weighted by molar-refractivity contribution is 0.211. The second-order valence-corrected chi connectivity index (χ2v) is 5.85. The Bertz CT molecular complexity index is 408. The van der Waals surface area contributed by atoms with E-state index < -0.39 is 0 Å². The Morgan fingerprint density at radius 3 is 2.50 bits per heavy atom. The maximum Gasteiger partial charge on any atom is 0.225 e. The van der Waals surface area contributed by atoms with Crippen LogP contribution in [-0.2, 0) is 6.54 Å². The van der Waals surface area contributed by atoms with E-state index in [0.29, 0.717) is 24.3 Å². The molecule has 0 saturated carbocycles. The second-order valence-electron chi connectivity index (χ2n) is 5.85. The molecule has 5 N–H and O–H groups in total. The van der Waals surface area contributed by atoms with Gasteiger partial charge < -0.3 is 16.8 Å². The van der Waals surface area contributed by atoms with Gasteiger partial charge in [0.15, 0.2) is 0 Å². The first-order valence-electron chi connectivity index (χ1n) is 7.24. The monoisotopic (exact) mass is 279 g/mol. The van der Waals surface area contributed by atoms with Gasteiger partial charge in [-0.15, -0.1) is 0 Å². The lowest BCUT2D eigenvalue weighted by Crippen LogP contribution is -2.39. The number of nitrogens with two attached hydrogens (primary N) is 2. The topological polar surface area (TPSA) is 106 Å². The van der Waals surface area contributed by atoms with Crippen LogP contribution in [0.3, 0.4) is 0 Å². The first-order valence-corrected chi connectivity index (χ1v) is 7.24. The largest absolute Gasteiger partial charge is 0.368 e. The molecule has 1 aromatic heterocycles. The SMILES string of the molecule is CC(C)CN(Cc1nc(N)nc(N)n1)CC1CCCN1. The van der Waals surface area contributed by atoms with E-state index in [-0.39, 0.29) is 11.9 Å². The number of nitrogens with one attached hydrogen (secondary N) is 1. The van der Waals surface area contributed by atoms with Gasteiger partial charge in [-0.05, 0) is 25.3 Å². The van der Waals surface area contributed by atoms with Gasteiger partial charge in [0.05, 0.1) is 6.54 Å². The standard InChI is InChI=1S/C13H25N7/c1-9(2)6-20(7-10-4-3-5-16-10)8-11-17-12(14)19-13(15)18-11/h9-10,16H,3-8H2,1-2H3,(H4,14,15,17,18,19). The lowest BCUT2D eigenvalue weighted by Gasteiger charge is -2.26. The fourth-order valence-corrected chi connectivity index (χ4v) is 2.67. The Morgan fingerprint density at radius 1 is 1.25 bits per heavy atom. The van der Waals surface area contributed by atoms with Crippen LogP contribution in [0.1, 0.15) is 32.5 Å². The van der Waals surface area contributed by atoms with Gasteiger partial charge in [0.2, 0.25) is 11.9 Å². The highest BCUT2D eigenvalue weighted by Crippen LogP contribution is 2.11. The van der Waals surface area contributed by atoms with E-state index in [4.69, 9.17) is 11.5 Å². The molecule has 2 rings (SSSR count). The maximum atomic E-state index is 5.63. The van der Waals surface area contributed by atoms with E-state index in [1.54, 1.807) is 0 Å². The van der Waals surface area contributed by atoms with Crippen molar-refractivity contribution in [2.24, 2.45) is 5.92 Å². The fraction of sp³-hybridized carbons (Fsp3) is 0.769. The molecule has 0 bridgehead atoms. The highest BCUT2D eigenvalue weighted by molar-refractivity contribution is 5.25. The summed E-state index contributed by atoms with van der Waals surface area (Å²) < 4.78 is 0. The number of nitrogens with zero attached hydrogens (tertiary/aromatic N) is 4. The molecule has 0 amide bonds. The van der Waals surface area contributed by atoms with Gasteiger partial charge >= 0.3 is 0 Å². The van der Waals surface area contributed by atoms with Gasteiger partial charge in [-0.1, -0.05) is 13.8 Å². The third-order valence-corrected chi connectivity index (χ3v) is 3.35. The Hall–Kier alpha value is -1.47. The summed E-state index contributed by atoms with van der Waals surface area (Å²) in [5.74, 6) is 1.62. The van der Waals surface area contributed by atoms with Crippen LogP contribution >= 0.6 is 0 Å². The van der Waals surface area contributed by atoms with E-state index in [1.807, 2.05) is 0 Å². The minimum atomic E-state index is 0.191. The van der Waals surface area contributed by atoms with E-state index in [0.717, 1.165) is 19.6 Å². The molecule has 7 nitrogen and oxygen atoms in total. The Balaban J connectivity index is 2.01. The summed E-state index contributed by atoms with van der Waals surface area (Å²) >= 11 is 0. The number of anilines is 2. The summed E-state index contributed by atoms with van der Waals surface area (Å²) in [5.41, 5.74) is 11.3. The molecule has 20 heavy (non-hydrogen) atoms. The molecule has 1 unspecified atom stereocenters. The lowest BCUT2D eigenvalue weighted by atomic mass is 10.1. The van der Waals surface area contributed by atoms with Crippen LogP contribution in [-0.4, -0.2) is 45.5 Å². The smallest absolute Gasteiger partial charge is 0.225 e. The van der Waals surface area contributed by atoms with Crippen molar-refractivity contribution in [1.82, 2.24) is 25.2 Å². The first kappa shape index (κ1) is 14.9. The van der Waals surface area contributed by atoms with Gasteiger partial charge in [-0.3, -0.25) is 4.90 Å². The zero-order chi connectivity index (χ0) is 14.5. The molecule has 1 saturated heterocycles. The van der Waals surface area contributed by atoms with Crippen LogP contribution in [0, 0.1) is 5.92 Å². The quantitative estimate of drug-likeness (QED) is 0.685. The van der Waals surface area contributed by atoms with Crippen LogP contribution in [0.15, 0.2) is 0 Å². The zero-order valence-electron chi connectivity index (χ0n) is 12.3. The number of hydrogen-bond acceptors (Lipinski definition) is 7. The fourth-order valence-electron chi connectivity index (χ4n) is 2.67. The second kappa shape index (κ2) is 6.81. The average molecular weight is 279 g/mol. The van der Waals surface area contributed by atoms with Crippen LogP contribution in [0.2, 0.25) is 0 Å². The molecule has 0 aromatic carbocycles. The minimum absolute atomic E-state index is 0.191. The molecule has 0 spiro atoms. The molecule has 1 fully saturated rings. The first-order chi connectivity index (χ1) is 9.52. The Labute approximate surface area is 120 Å². The van der Waals surface area contributed by atoms with Crippen molar-refractivity contribution >= 4 is 11.9 Å². The maximum absolute atomic E-state index is 5.63. The molecule has 7 heteroatoms. The van der Waals surface area contributed by atoms with Crippen molar-refractivity contribution < 1.29 is 0 Å². The summed E-state index contributed by atoms with van der Waals surface area (Å²) in [6.07, 6.45) is 2.49. The van der Waals surface area contributed by atoms with Crippen molar-refractivity contribution in [1.29, 1.82) is 0 Å². The summed E-state index contributed by atoms with van der Waals surface area (Å²) in [6, 6.07) is 0.560. The van der Waals surface area contributed by atoms with Crippen molar-refractivity contribution in [3.05, 3.63) is 5.82 Å². The van der Waals surface area contributed by atoms with Crippen molar-refractivity contribution in [3.8, 4) is 0 Å². The molecule has 1 aromatic rings. The van der Waals surface area contributed by atoms with E-state index in [1.165, 1.54) is 12.8 Å². The molecule has 2 heterocycles. The normalized spacial score (nSPS) is 19.1. The summed E-state index contributed by atoms with van der Waals surface area (Å²) in [6.45, 7) is 8.21. The van der Waals surface area contributed by atoms with Crippen molar-refractivity contribution in [3.63, 3.8) is 0 Å². The zero-order valence-corrected chi connectivity index (χ0v) is 12.3. The predicted molar refractivity (Wildman–Crippen MR) is 79.8 cm³/mol. The highest BCUT2D eigenvalue weighted by Gasteiger charge is 2.19. The molecular formula is C13H25N7. The molecule has 1 aliphatic heterocycles. The Kier molecular flexibility index (Phi) is 5.08. The number of rotatable bonds is 6. The van der Waals surface area contributed by atoms with Gasteiger partial charge in [0, 0.05) is 19.1 Å². The van der Waals surface area contributed by atoms with Crippen molar-refractivity contribution in [2.45, 2.75) is 39.3 Å². The molecule has 1 aliphatic rings. The van der Waals surface area contributed by atoms with Crippen LogP contribution in [0.5, 0.6) is 0 Å². The number of aromatic nitrogens is 3. The van der Waals surface area contributed by atoms with Crippen molar-refractivity contribution in [2.75, 3.05) is 31.1 Å². The van der Waals surface area contributed by atoms with Gasteiger partial charge in [0.25, 0.3) is 0 Å². The van der Waals surface area contributed by atoms with Crippen LogP contribution in [0.25, 0.3) is 0 Å². The van der Waals surface area contributed by atoms with Crippen LogP contribution in [0.4, 0.5) is 11.9 Å². The van der Waals surface area contributed by atoms with Gasteiger partial charge in [-0.25, -0.2) is 0 Å². The van der Waals surface area contributed by atoms with E-state index in [2.05, 4.69) is 39.0 Å². The Morgan fingerprint density at radius 2 is 1.95 bits per heavy atom. The summed E-state index contributed by atoms with van der Waals surface area (Å²) in [4.78, 5) is 14.5. The van der Waals surface area contributed by atoms with Crippen LogP contribution < -0.4 is 16.8 Å². The molecular weight excluding hydrogens is 254 g/mol. The third-order valence-electron chi connectivity index (χ3n) is 3.35. The molecule has 0 aliphatic carbocycles. The summed E-state index contributed by atoms with van der Waals surface area (Å²) in [5, 5.41) is 3.52. The highest BCUT2D eigenvalue weighted by atomic mass is 15.2. The van der Waals surface area contributed by atoms with E-state index >= 15 is 0 Å². The minimum Gasteiger partial charge on any atom is -0.368 e. The van der Waals surface area contributed by atoms with Gasteiger partial charge in [-0.2, -0.15) is 15.0 Å². The third kappa shape index (κ3) is 4.57. The summed E-state index contributed by atoms with van der Waals surface area (Å²) in [7, 11) is 0. The molecule has 112 valence electrons. The van der Waals surface area contributed by atoms with Gasteiger partial charge in [0.1, 0.15) is 5.82 Å². The molecule has 1 atom stereocenters. The molecule has 0 radical (unpaired) electrons. The number of nitrogen functional groups attached to an aromatic ring is 2. The predicted octanol–water partition coefficient (Wildman–Crippen LogP) is 0.246. The average Bonchev–Trinajstić information content (AvgIpc) is 2.79. The van der Waals surface area contributed by atoms with E-state index in [9.17, 15) is 0 Å². The number of hydrogen-bond donors (Lipinski definition) is 3.